The average Bonchev–Trinajstić information content (AvgIpc) is 2.87. The van der Waals surface area contributed by atoms with E-state index in [1.165, 1.54) is 10.4 Å². The molecule has 4 nitrogen and oxygen atoms in total. The quantitative estimate of drug-likeness (QED) is 0.928. The lowest BCUT2D eigenvalue weighted by molar-refractivity contribution is 0.940. The van der Waals surface area contributed by atoms with Crippen molar-refractivity contribution in [2.75, 3.05) is 5.32 Å². The van der Waals surface area contributed by atoms with Crippen LogP contribution in [-0.4, -0.2) is 10.2 Å². The highest BCUT2D eigenvalue weighted by Crippen LogP contribution is 2.21. The van der Waals surface area contributed by atoms with Crippen LogP contribution in [0.15, 0.2) is 11.4 Å². The van der Waals surface area contributed by atoms with Gasteiger partial charge in [0.1, 0.15) is 11.6 Å². The number of hydrogen-bond donors (Lipinski definition) is 1. The van der Waals surface area contributed by atoms with E-state index in [-0.39, 0.29) is 0 Å². The first-order valence-corrected chi connectivity index (χ1v) is 7.08. The molecule has 2 rings (SSSR count). The van der Waals surface area contributed by atoms with E-state index < -0.39 is 0 Å². The van der Waals surface area contributed by atoms with Crippen molar-refractivity contribution in [3.63, 3.8) is 0 Å². The fraction of sp³-hybridized carbons (Fsp3) is 0.357. The SMILES string of the molecule is CCc1ccsc1CNc1nnc(C)c(C)c1C#N. The van der Waals surface area contributed by atoms with Gasteiger partial charge < -0.3 is 5.32 Å². The fourth-order valence-electron chi connectivity index (χ4n) is 1.87. The van der Waals surface area contributed by atoms with Crippen molar-refractivity contribution < 1.29 is 0 Å². The fourth-order valence-corrected chi connectivity index (χ4v) is 2.79. The number of nitriles is 1. The molecule has 0 aliphatic carbocycles. The summed E-state index contributed by atoms with van der Waals surface area (Å²) in [4.78, 5) is 1.28. The average molecular weight is 272 g/mol. The van der Waals surface area contributed by atoms with Crippen molar-refractivity contribution in [3.05, 3.63) is 38.7 Å². The Morgan fingerprint density at radius 3 is 2.84 bits per heavy atom. The number of anilines is 1. The van der Waals surface area contributed by atoms with Crippen LogP contribution in [0, 0.1) is 25.2 Å². The summed E-state index contributed by atoms with van der Waals surface area (Å²) in [5.74, 6) is 0.570. The maximum atomic E-state index is 9.23. The zero-order valence-electron chi connectivity index (χ0n) is 11.3. The molecule has 0 amide bonds. The van der Waals surface area contributed by atoms with Crippen LogP contribution in [0.2, 0.25) is 0 Å². The number of aryl methyl sites for hydroxylation is 2. The molecule has 19 heavy (non-hydrogen) atoms. The Kier molecular flexibility index (Phi) is 4.13. The summed E-state index contributed by atoms with van der Waals surface area (Å²) in [6.45, 7) is 6.59. The van der Waals surface area contributed by atoms with Gasteiger partial charge in [-0.15, -0.1) is 16.4 Å². The van der Waals surface area contributed by atoms with E-state index >= 15 is 0 Å². The van der Waals surface area contributed by atoms with Crippen molar-refractivity contribution in [3.8, 4) is 6.07 Å². The normalized spacial score (nSPS) is 10.2. The smallest absolute Gasteiger partial charge is 0.167 e. The molecule has 0 aliphatic rings. The van der Waals surface area contributed by atoms with Gasteiger partial charge in [0, 0.05) is 4.88 Å². The number of rotatable bonds is 4. The molecule has 1 N–H and O–H groups in total. The van der Waals surface area contributed by atoms with Crippen molar-refractivity contribution in [1.29, 1.82) is 5.26 Å². The van der Waals surface area contributed by atoms with Gasteiger partial charge in [0.15, 0.2) is 5.82 Å². The Hall–Kier alpha value is -1.93. The van der Waals surface area contributed by atoms with Crippen LogP contribution in [-0.2, 0) is 13.0 Å². The van der Waals surface area contributed by atoms with E-state index in [2.05, 4.69) is 40.0 Å². The van der Waals surface area contributed by atoms with E-state index in [4.69, 9.17) is 0 Å². The summed E-state index contributed by atoms with van der Waals surface area (Å²) in [7, 11) is 0. The third kappa shape index (κ3) is 2.74. The third-order valence-electron chi connectivity index (χ3n) is 3.20. The number of nitrogens with zero attached hydrogens (tertiary/aromatic N) is 3. The standard InChI is InChI=1S/C14H16N4S/c1-4-11-5-6-19-13(11)8-16-14-12(7-15)9(2)10(3)17-18-14/h5-6H,4,8H2,1-3H3,(H,16,18). The predicted octanol–water partition coefficient (Wildman–Crippen LogP) is 3.20. The molecular formula is C14H16N4S. The third-order valence-corrected chi connectivity index (χ3v) is 4.16. The second-order valence-corrected chi connectivity index (χ2v) is 5.32. The van der Waals surface area contributed by atoms with Gasteiger partial charge >= 0.3 is 0 Å². The van der Waals surface area contributed by atoms with E-state index in [1.807, 2.05) is 13.8 Å². The number of nitrogens with one attached hydrogen (secondary N) is 1. The molecule has 0 spiro atoms. The summed E-state index contributed by atoms with van der Waals surface area (Å²) in [5.41, 5.74) is 3.62. The molecule has 2 heterocycles. The molecule has 0 aliphatic heterocycles. The molecule has 5 heteroatoms. The van der Waals surface area contributed by atoms with Crippen molar-refractivity contribution in [2.24, 2.45) is 0 Å². The summed E-state index contributed by atoms with van der Waals surface area (Å²) in [6.07, 6.45) is 1.02. The molecule has 2 aromatic heterocycles. The van der Waals surface area contributed by atoms with E-state index in [1.54, 1.807) is 11.3 Å². The Morgan fingerprint density at radius 2 is 2.16 bits per heavy atom. The van der Waals surface area contributed by atoms with Crippen molar-refractivity contribution >= 4 is 17.2 Å². The Bertz CT molecular complexity index is 625. The van der Waals surface area contributed by atoms with Gasteiger partial charge in [-0.1, -0.05) is 6.92 Å². The van der Waals surface area contributed by atoms with Crippen LogP contribution < -0.4 is 5.32 Å². The summed E-state index contributed by atoms with van der Waals surface area (Å²) in [5, 5.41) is 22.7. The highest BCUT2D eigenvalue weighted by atomic mass is 32.1. The van der Waals surface area contributed by atoms with Crippen LogP contribution in [0.4, 0.5) is 5.82 Å². The molecule has 0 bridgehead atoms. The lowest BCUT2D eigenvalue weighted by atomic mass is 10.1. The molecular weight excluding hydrogens is 256 g/mol. The van der Waals surface area contributed by atoms with Gasteiger partial charge in [0.25, 0.3) is 0 Å². The largest absolute Gasteiger partial charge is 0.363 e. The maximum Gasteiger partial charge on any atom is 0.167 e. The first-order chi connectivity index (χ1) is 9.17. The van der Waals surface area contributed by atoms with Crippen LogP contribution >= 0.6 is 11.3 Å². The van der Waals surface area contributed by atoms with Crippen molar-refractivity contribution in [2.45, 2.75) is 33.7 Å². The van der Waals surface area contributed by atoms with Crippen LogP contribution in [0.5, 0.6) is 0 Å². The zero-order valence-corrected chi connectivity index (χ0v) is 12.1. The van der Waals surface area contributed by atoms with E-state index in [0.717, 1.165) is 17.7 Å². The second-order valence-electron chi connectivity index (χ2n) is 4.32. The first kappa shape index (κ1) is 13.5. The Labute approximate surface area is 117 Å². The first-order valence-electron chi connectivity index (χ1n) is 6.20. The topological polar surface area (TPSA) is 61.6 Å². The minimum absolute atomic E-state index is 0.570. The molecule has 0 aromatic carbocycles. The predicted molar refractivity (Wildman–Crippen MR) is 77.2 cm³/mol. The maximum absolute atomic E-state index is 9.23. The number of hydrogen-bond acceptors (Lipinski definition) is 5. The molecule has 0 saturated carbocycles. The van der Waals surface area contributed by atoms with Crippen molar-refractivity contribution in [1.82, 2.24) is 10.2 Å². The van der Waals surface area contributed by atoms with Gasteiger partial charge in [0.2, 0.25) is 0 Å². The Morgan fingerprint density at radius 1 is 1.37 bits per heavy atom. The second kappa shape index (κ2) is 5.81. The molecule has 0 atom stereocenters. The summed E-state index contributed by atoms with van der Waals surface area (Å²) < 4.78 is 0. The van der Waals surface area contributed by atoms with Gasteiger partial charge in [-0.05, 0) is 42.8 Å². The summed E-state index contributed by atoms with van der Waals surface area (Å²) >= 11 is 1.72. The molecule has 98 valence electrons. The molecule has 0 radical (unpaired) electrons. The Balaban J connectivity index is 2.21. The minimum atomic E-state index is 0.570. The van der Waals surface area contributed by atoms with E-state index in [0.29, 0.717) is 17.9 Å². The molecule has 0 saturated heterocycles. The van der Waals surface area contributed by atoms with Crippen LogP contribution in [0.3, 0.4) is 0 Å². The van der Waals surface area contributed by atoms with Gasteiger partial charge in [-0.2, -0.15) is 10.4 Å². The van der Waals surface area contributed by atoms with Gasteiger partial charge in [-0.3, -0.25) is 0 Å². The lowest BCUT2D eigenvalue weighted by Crippen LogP contribution is -2.07. The minimum Gasteiger partial charge on any atom is -0.363 e. The van der Waals surface area contributed by atoms with Gasteiger partial charge in [0.05, 0.1) is 12.2 Å². The number of aromatic nitrogens is 2. The highest BCUT2D eigenvalue weighted by Gasteiger charge is 2.11. The summed E-state index contributed by atoms with van der Waals surface area (Å²) in [6, 6.07) is 4.34. The lowest BCUT2D eigenvalue weighted by Gasteiger charge is -2.09. The van der Waals surface area contributed by atoms with Crippen LogP contribution in [0.25, 0.3) is 0 Å². The zero-order chi connectivity index (χ0) is 13.8. The number of thiophene rings is 1. The molecule has 2 aromatic rings. The van der Waals surface area contributed by atoms with E-state index in [9.17, 15) is 5.26 Å². The molecule has 0 fully saturated rings. The van der Waals surface area contributed by atoms with Crippen LogP contribution in [0.1, 0.15) is 34.2 Å². The highest BCUT2D eigenvalue weighted by molar-refractivity contribution is 7.10. The monoisotopic (exact) mass is 272 g/mol. The molecule has 0 unspecified atom stereocenters. The van der Waals surface area contributed by atoms with Gasteiger partial charge in [-0.25, -0.2) is 0 Å².